The number of rotatable bonds is 6. The van der Waals surface area contributed by atoms with Gasteiger partial charge in [0.25, 0.3) is 0 Å². The monoisotopic (exact) mass is 327 g/mol. The van der Waals surface area contributed by atoms with E-state index in [1.54, 1.807) is 0 Å². The van der Waals surface area contributed by atoms with Crippen LogP contribution < -0.4 is 0 Å². The number of aryl methyl sites for hydroxylation is 1. The molecule has 9 heteroatoms. The van der Waals surface area contributed by atoms with Crippen LogP contribution in [0.2, 0.25) is 0 Å². The van der Waals surface area contributed by atoms with Gasteiger partial charge in [0, 0.05) is 25.3 Å². The predicted molar refractivity (Wildman–Crippen MR) is 75.6 cm³/mol. The quantitative estimate of drug-likeness (QED) is 0.589. The Kier molecular flexibility index (Phi) is 6.74. The van der Waals surface area contributed by atoms with Gasteiger partial charge in [0.2, 0.25) is 5.89 Å². The van der Waals surface area contributed by atoms with E-state index in [4.69, 9.17) is 12.2 Å². The number of hydrogen-bond acceptors (Lipinski definition) is 5. The molecule has 1 aromatic heterocycles. The highest BCUT2D eigenvalue weighted by atomic mass is 32.2. The van der Waals surface area contributed by atoms with E-state index in [0.717, 1.165) is 17.4 Å². The Bertz CT molecular complexity index is 433. The Hall–Kier alpha value is -0.830. The number of nitrogens with zero attached hydrogens (tertiary/aromatic N) is 3. The number of hydrogen-bond donors (Lipinski definition) is 0. The van der Waals surface area contributed by atoms with Crippen LogP contribution in [0.5, 0.6) is 0 Å². The van der Waals surface area contributed by atoms with Crippen LogP contribution >= 0.6 is 24.0 Å². The van der Waals surface area contributed by atoms with Crippen molar-refractivity contribution in [2.24, 2.45) is 0 Å². The molecule has 0 aromatic carbocycles. The van der Waals surface area contributed by atoms with Crippen molar-refractivity contribution in [3.8, 4) is 0 Å². The van der Waals surface area contributed by atoms with Crippen LogP contribution in [0.25, 0.3) is 0 Å². The highest BCUT2D eigenvalue weighted by molar-refractivity contribution is 8.22. The first kappa shape index (κ1) is 17.2. The van der Waals surface area contributed by atoms with E-state index in [9.17, 15) is 13.2 Å². The van der Waals surface area contributed by atoms with Crippen molar-refractivity contribution in [2.45, 2.75) is 32.9 Å². The minimum atomic E-state index is -4.58. The molecule has 20 heavy (non-hydrogen) atoms. The average Bonchev–Trinajstić information content (AvgIpc) is 2.85. The largest absolute Gasteiger partial charge is 0.470 e. The molecule has 0 radical (unpaired) electrons. The van der Waals surface area contributed by atoms with Gasteiger partial charge in [-0.25, -0.2) is 0 Å². The first-order valence-electron chi connectivity index (χ1n) is 6.19. The Labute approximate surface area is 125 Å². The third kappa shape index (κ3) is 5.28. The maximum absolute atomic E-state index is 12.2. The lowest BCUT2D eigenvalue weighted by atomic mass is 10.3. The van der Waals surface area contributed by atoms with Crippen LogP contribution in [0.15, 0.2) is 4.42 Å². The molecular formula is C11H16F3N3OS2. The van der Waals surface area contributed by atoms with Crippen LogP contribution in [0.3, 0.4) is 0 Å². The number of aromatic nitrogens is 2. The van der Waals surface area contributed by atoms with Crippen molar-refractivity contribution >= 4 is 28.3 Å². The molecule has 1 aromatic rings. The summed E-state index contributed by atoms with van der Waals surface area (Å²) in [6.45, 7) is 5.74. The highest BCUT2D eigenvalue weighted by Gasteiger charge is 2.37. The normalized spacial score (nSPS) is 11.7. The number of halogens is 3. The predicted octanol–water partition coefficient (Wildman–Crippen LogP) is 3.38. The minimum absolute atomic E-state index is 0.00619. The first-order chi connectivity index (χ1) is 9.38. The molecule has 0 atom stereocenters. The van der Waals surface area contributed by atoms with Gasteiger partial charge in [-0.3, -0.25) is 0 Å². The van der Waals surface area contributed by atoms with Crippen LogP contribution in [0.4, 0.5) is 13.2 Å². The fourth-order valence-electron chi connectivity index (χ4n) is 1.43. The second-order valence-electron chi connectivity index (χ2n) is 3.89. The summed E-state index contributed by atoms with van der Waals surface area (Å²) in [6, 6.07) is 0. The van der Waals surface area contributed by atoms with E-state index in [1.165, 1.54) is 11.8 Å². The van der Waals surface area contributed by atoms with Crippen molar-refractivity contribution in [3.05, 3.63) is 11.8 Å². The molecule has 0 fully saturated rings. The third-order valence-corrected chi connectivity index (χ3v) is 4.10. The zero-order valence-corrected chi connectivity index (χ0v) is 12.9. The molecule has 0 unspecified atom stereocenters. The molecular weight excluding hydrogens is 311 g/mol. The van der Waals surface area contributed by atoms with Crippen molar-refractivity contribution in [3.63, 3.8) is 0 Å². The topological polar surface area (TPSA) is 42.2 Å². The van der Waals surface area contributed by atoms with Gasteiger partial charge < -0.3 is 9.32 Å². The average molecular weight is 327 g/mol. The molecule has 0 saturated carbocycles. The van der Waals surface area contributed by atoms with Crippen LogP contribution in [-0.4, -0.2) is 38.3 Å². The molecule has 0 aliphatic heterocycles. The molecule has 1 rings (SSSR count). The molecule has 0 bridgehead atoms. The summed E-state index contributed by atoms with van der Waals surface area (Å²) < 4.78 is 42.1. The lowest BCUT2D eigenvalue weighted by molar-refractivity contribution is -0.157. The summed E-state index contributed by atoms with van der Waals surface area (Å²) in [5.74, 6) is -0.579. The second-order valence-corrected chi connectivity index (χ2v) is 5.62. The van der Waals surface area contributed by atoms with Gasteiger partial charge in [-0.1, -0.05) is 24.0 Å². The second kappa shape index (κ2) is 7.82. The number of thiocarbonyl (C=S) groups is 1. The molecule has 0 aliphatic carbocycles. The van der Waals surface area contributed by atoms with E-state index >= 15 is 0 Å². The van der Waals surface area contributed by atoms with Crippen molar-refractivity contribution in [1.82, 2.24) is 15.1 Å². The van der Waals surface area contributed by atoms with Gasteiger partial charge in [0.1, 0.15) is 4.32 Å². The standard InChI is InChI=1S/C11H16F3N3OS2/c1-3-17(4-2)10(19)20-7-5-6-8-15-16-9(18-8)11(12,13)14/h3-7H2,1-2H3. The third-order valence-electron chi connectivity index (χ3n) is 2.49. The summed E-state index contributed by atoms with van der Waals surface area (Å²) in [6.07, 6.45) is -3.63. The smallest absolute Gasteiger partial charge is 0.417 e. The highest BCUT2D eigenvalue weighted by Crippen LogP contribution is 2.27. The van der Waals surface area contributed by atoms with Crippen molar-refractivity contribution in [1.29, 1.82) is 0 Å². The molecule has 0 saturated heterocycles. The maximum Gasteiger partial charge on any atom is 0.470 e. The molecule has 0 spiro atoms. The zero-order chi connectivity index (χ0) is 15.2. The number of thioether (sulfide) groups is 1. The molecule has 0 N–H and O–H groups in total. The zero-order valence-electron chi connectivity index (χ0n) is 11.2. The van der Waals surface area contributed by atoms with Gasteiger partial charge in [-0.15, -0.1) is 10.2 Å². The maximum atomic E-state index is 12.2. The molecule has 1 heterocycles. The van der Waals surface area contributed by atoms with E-state index in [0.29, 0.717) is 18.6 Å². The van der Waals surface area contributed by atoms with Gasteiger partial charge in [0.15, 0.2) is 0 Å². The summed E-state index contributed by atoms with van der Waals surface area (Å²) in [5.41, 5.74) is 0. The SMILES string of the molecule is CCN(CC)C(=S)SCCCc1nnc(C(F)(F)F)o1. The number of alkyl halides is 3. The minimum Gasteiger partial charge on any atom is -0.417 e. The summed E-state index contributed by atoms with van der Waals surface area (Å²) in [7, 11) is 0. The fraction of sp³-hybridized carbons (Fsp3) is 0.727. The van der Waals surface area contributed by atoms with Crippen LogP contribution in [0.1, 0.15) is 32.0 Å². The van der Waals surface area contributed by atoms with Crippen molar-refractivity contribution in [2.75, 3.05) is 18.8 Å². The fourth-order valence-corrected chi connectivity index (χ4v) is 2.84. The van der Waals surface area contributed by atoms with Gasteiger partial charge >= 0.3 is 12.1 Å². The lowest BCUT2D eigenvalue weighted by Gasteiger charge is -2.20. The Morgan fingerprint density at radius 3 is 2.45 bits per heavy atom. The van der Waals surface area contributed by atoms with Crippen LogP contribution in [0, 0.1) is 0 Å². The van der Waals surface area contributed by atoms with E-state index < -0.39 is 12.1 Å². The Morgan fingerprint density at radius 2 is 1.95 bits per heavy atom. The van der Waals surface area contributed by atoms with Gasteiger partial charge in [-0.05, 0) is 20.3 Å². The molecule has 0 amide bonds. The van der Waals surface area contributed by atoms with E-state index in [-0.39, 0.29) is 5.89 Å². The van der Waals surface area contributed by atoms with Crippen LogP contribution in [-0.2, 0) is 12.6 Å². The lowest BCUT2D eigenvalue weighted by Crippen LogP contribution is -2.26. The van der Waals surface area contributed by atoms with Gasteiger partial charge in [0.05, 0.1) is 0 Å². The Balaban J connectivity index is 2.31. The van der Waals surface area contributed by atoms with E-state index in [1.807, 2.05) is 13.8 Å². The molecule has 0 aliphatic rings. The first-order valence-corrected chi connectivity index (χ1v) is 7.59. The van der Waals surface area contributed by atoms with E-state index in [2.05, 4.69) is 19.5 Å². The molecule has 4 nitrogen and oxygen atoms in total. The van der Waals surface area contributed by atoms with Crippen molar-refractivity contribution < 1.29 is 17.6 Å². The summed E-state index contributed by atoms with van der Waals surface area (Å²) in [4.78, 5) is 2.05. The molecule has 114 valence electrons. The van der Waals surface area contributed by atoms with Gasteiger partial charge in [-0.2, -0.15) is 13.2 Å². The summed E-state index contributed by atoms with van der Waals surface area (Å²) >= 11 is 6.76. The Morgan fingerprint density at radius 1 is 1.30 bits per heavy atom. The summed E-state index contributed by atoms with van der Waals surface area (Å²) in [5, 5.41) is 6.35.